The summed E-state index contributed by atoms with van der Waals surface area (Å²) in [6.07, 6.45) is -5.20. The number of carbonyl (C=O) groups is 2. The van der Waals surface area contributed by atoms with Crippen LogP contribution in [0.4, 0.5) is 19.1 Å². The zero-order valence-electron chi connectivity index (χ0n) is 15.1. The molecular weight excluding hydrogens is 444 g/mol. The van der Waals surface area contributed by atoms with Crippen LogP contribution in [-0.4, -0.2) is 27.5 Å². The number of hydrogen-bond donors (Lipinski definition) is 2. The van der Waals surface area contributed by atoms with Crippen LogP contribution in [0.5, 0.6) is 0 Å². The molecule has 0 saturated carbocycles. The van der Waals surface area contributed by atoms with Crippen molar-refractivity contribution in [3.05, 3.63) is 58.1 Å². The molecule has 30 heavy (non-hydrogen) atoms. The van der Waals surface area contributed by atoms with Crippen LogP contribution in [0.2, 0.25) is 10.0 Å². The minimum atomic E-state index is -5.16. The zero-order valence-corrected chi connectivity index (χ0v) is 16.6. The number of benzene rings is 2. The van der Waals surface area contributed by atoms with Crippen molar-refractivity contribution < 1.29 is 22.8 Å². The molecule has 1 aromatic heterocycles. The summed E-state index contributed by atoms with van der Waals surface area (Å²) in [7, 11) is 0. The molecule has 156 valence electrons. The molecule has 2 amide bonds. The quantitative estimate of drug-likeness (QED) is 0.615. The van der Waals surface area contributed by atoms with E-state index in [0.29, 0.717) is 4.57 Å². The molecule has 0 bridgehead atoms. The van der Waals surface area contributed by atoms with Crippen LogP contribution in [0.15, 0.2) is 42.5 Å². The van der Waals surface area contributed by atoms with Gasteiger partial charge in [0.05, 0.1) is 21.1 Å². The molecule has 1 aliphatic heterocycles. The number of nitrogens with zero attached hydrogens (tertiary/aromatic N) is 2. The summed E-state index contributed by atoms with van der Waals surface area (Å²) in [6.45, 7) is 0. The van der Waals surface area contributed by atoms with Crippen molar-refractivity contribution in [1.82, 2.24) is 14.9 Å². The Hall–Kier alpha value is -2.78. The third kappa shape index (κ3) is 3.18. The van der Waals surface area contributed by atoms with Crippen LogP contribution in [0.25, 0.3) is 11.0 Å². The van der Waals surface area contributed by atoms with E-state index in [2.05, 4.69) is 10.3 Å². The maximum atomic E-state index is 14.3. The third-order valence-electron chi connectivity index (χ3n) is 4.80. The normalized spacial score (nSPS) is 18.4. The predicted molar refractivity (Wildman–Crippen MR) is 105 cm³/mol. The van der Waals surface area contributed by atoms with Gasteiger partial charge in [0, 0.05) is 6.42 Å². The zero-order chi connectivity index (χ0) is 21.7. The van der Waals surface area contributed by atoms with E-state index >= 15 is 0 Å². The highest BCUT2D eigenvalue weighted by Gasteiger charge is 2.67. The van der Waals surface area contributed by atoms with Gasteiger partial charge in [-0.05, 0) is 24.1 Å². The molecule has 11 heteroatoms. The number of nitrogens with one attached hydrogen (secondary N) is 2. The van der Waals surface area contributed by atoms with Crippen molar-refractivity contribution in [3.63, 3.8) is 0 Å². The second-order valence-corrected chi connectivity index (χ2v) is 7.54. The molecule has 0 spiro atoms. The molecule has 4 rings (SSSR count). The van der Waals surface area contributed by atoms with Crippen molar-refractivity contribution in [2.75, 3.05) is 5.32 Å². The Balaban J connectivity index is 1.75. The monoisotopic (exact) mass is 456 g/mol. The van der Waals surface area contributed by atoms with Gasteiger partial charge in [0.25, 0.3) is 11.6 Å². The van der Waals surface area contributed by atoms with Crippen LogP contribution >= 0.6 is 23.2 Å². The number of fused-ring (bicyclic) bond motifs is 3. The largest absolute Gasteiger partial charge is 0.440 e. The Kier molecular flexibility index (Phi) is 4.90. The molecule has 2 heterocycles. The van der Waals surface area contributed by atoms with Gasteiger partial charge in [0.2, 0.25) is 11.9 Å². The van der Waals surface area contributed by atoms with Crippen molar-refractivity contribution in [1.29, 1.82) is 0 Å². The van der Waals surface area contributed by atoms with E-state index in [-0.39, 0.29) is 39.9 Å². The number of halogens is 5. The SMILES string of the molecule is O=C(CCc1ccccc1)NC1(C(F)(F)F)C(=O)Nc2nc3cc(Cl)c(Cl)cc3n21. The fourth-order valence-corrected chi connectivity index (χ4v) is 3.71. The van der Waals surface area contributed by atoms with Crippen LogP contribution in [0.1, 0.15) is 12.0 Å². The highest BCUT2D eigenvalue weighted by molar-refractivity contribution is 6.42. The average molecular weight is 457 g/mol. The van der Waals surface area contributed by atoms with Crippen molar-refractivity contribution in [2.45, 2.75) is 24.7 Å². The lowest BCUT2D eigenvalue weighted by atomic mass is 10.1. The van der Waals surface area contributed by atoms with E-state index in [1.165, 1.54) is 12.1 Å². The molecule has 6 nitrogen and oxygen atoms in total. The van der Waals surface area contributed by atoms with Crippen LogP contribution < -0.4 is 10.6 Å². The van der Waals surface area contributed by atoms with E-state index in [1.807, 2.05) is 5.32 Å². The minimum absolute atomic E-state index is 0.0160. The highest BCUT2D eigenvalue weighted by Crippen LogP contribution is 2.45. The summed E-state index contributed by atoms with van der Waals surface area (Å²) in [5.74, 6) is -2.77. The molecule has 3 aromatic rings. The number of carbonyl (C=O) groups excluding carboxylic acids is 2. The fourth-order valence-electron chi connectivity index (χ4n) is 3.40. The molecule has 2 N–H and O–H groups in total. The molecule has 0 aliphatic carbocycles. The van der Waals surface area contributed by atoms with E-state index in [9.17, 15) is 22.8 Å². The highest BCUT2D eigenvalue weighted by atomic mass is 35.5. The number of aryl methyl sites for hydroxylation is 1. The molecule has 1 atom stereocenters. The Morgan fingerprint density at radius 2 is 1.83 bits per heavy atom. The summed E-state index contributed by atoms with van der Waals surface area (Å²) in [6, 6.07) is 11.3. The van der Waals surface area contributed by atoms with E-state index in [0.717, 1.165) is 5.56 Å². The summed E-state index contributed by atoms with van der Waals surface area (Å²) in [5.41, 5.74) is -2.59. The summed E-state index contributed by atoms with van der Waals surface area (Å²) >= 11 is 11.9. The smallest absolute Gasteiger partial charge is 0.317 e. The van der Waals surface area contributed by atoms with Gasteiger partial charge in [-0.2, -0.15) is 13.2 Å². The molecule has 0 fully saturated rings. The number of alkyl halides is 3. The fraction of sp³-hybridized carbons (Fsp3) is 0.211. The van der Waals surface area contributed by atoms with E-state index < -0.39 is 23.7 Å². The molecule has 0 saturated heterocycles. The predicted octanol–water partition coefficient (Wildman–Crippen LogP) is 4.26. The first kappa shape index (κ1) is 20.5. The van der Waals surface area contributed by atoms with E-state index in [4.69, 9.17) is 23.2 Å². The number of hydrogen-bond acceptors (Lipinski definition) is 3. The first-order valence-corrected chi connectivity index (χ1v) is 9.50. The molecule has 1 aliphatic rings. The van der Waals surface area contributed by atoms with E-state index in [1.54, 1.807) is 30.3 Å². The Morgan fingerprint density at radius 3 is 2.50 bits per heavy atom. The van der Waals surface area contributed by atoms with Gasteiger partial charge >= 0.3 is 6.18 Å². The number of anilines is 1. The number of aromatic nitrogens is 2. The maximum absolute atomic E-state index is 14.3. The number of rotatable bonds is 4. The lowest BCUT2D eigenvalue weighted by molar-refractivity contribution is -0.217. The Labute approximate surface area is 178 Å². The second kappa shape index (κ2) is 7.17. The molecular formula is C19H13Cl2F3N4O2. The van der Waals surface area contributed by atoms with Crippen molar-refractivity contribution in [3.8, 4) is 0 Å². The van der Waals surface area contributed by atoms with Gasteiger partial charge in [-0.25, -0.2) is 4.98 Å². The van der Waals surface area contributed by atoms with Gasteiger partial charge in [-0.15, -0.1) is 0 Å². The van der Waals surface area contributed by atoms with Crippen LogP contribution in [0.3, 0.4) is 0 Å². The topological polar surface area (TPSA) is 76.0 Å². The molecule has 0 radical (unpaired) electrons. The maximum Gasteiger partial charge on any atom is 0.440 e. The first-order valence-electron chi connectivity index (χ1n) is 8.74. The van der Waals surface area contributed by atoms with Gasteiger partial charge in [0.15, 0.2) is 0 Å². The van der Waals surface area contributed by atoms with Crippen molar-refractivity contribution >= 4 is 52.0 Å². The van der Waals surface area contributed by atoms with Crippen LogP contribution in [0, 0.1) is 0 Å². The van der Waals surface area contributed by atoms with Gasteiger partial charge < -0.3 is 5.32 Å². The summed E-state index contributed by atoms with van der Waals surface area (Å²) < 4.78 is 43.4. The second-order valence-electron chi connectivity index (χ2n) is 6.72. The molecule has 1 unspecified atom stereocenters. The third-order valence-corrected chi connectivity index (χ3v) is 5.52. The van der Waals surface area contributed by atoms with Crippen LogP contribution in [-0.2, 0) is 21.7 Å². The van der Waals surface area contributed by atoms with Gasteiger partial charge in [0.1, 0.15) is 0 Å². The average Bonchev–Trinajstić information content (AvgIpc) is 3.15. The minimum Gasteiger partial charge on any atom is -0.317 e. The lowest BCUT2D eigenvalue weighted by Gasteiger charge is -2.32. The Morgan fingerprint density at radius 1 is 1.17 bits per heavy atom. The van der Waals surface area contributed by atoms with Gasteiger partial charge in [-0.3, -0.25) is 19.5 Å². The van der Waals surface area contributed by atoms with Gasteiger partial charge in [-0.1, -0.05) is 53.5 Å². The lowest BCUT2D eigenvalue weighted by Crippen LogP contribution is -2.63. The Bertz CT molecular complexity index is 1160. The number of amides is 2. The first-order chi connectivity index (χ1) is 14.1. The summed E-state index contributed by atoms with van der Waals surface area (Å²) in [4.78, 5) is 29.0. The number of imidazole rings is 1. The van der Waals surface area contributed by atoms with Crippen molar-refractivity contribution in [2.24, 2.45) is 0 Å². The molecule has 2 aromatic carbocycles. The standard InChI is InChI=1S/C19H13Cl2F3N4O2/c20-11-8-13-14(9-12(11)21)28-17(25-13)26-16(30)18(28,19(22,23)24)27-15(29)7-6-10-4-2-1-3-5-10/h1-5,8-9H,6-7H2,(H,27,29)(H,25,26,30). The summed E-state index contributed by atoms with van der Waals surface area (Å²) in [5, 5.41) is 4.06.